The molecule has 0 amide bonds. The van der Waals surface area contributed by atoms with E-state index in [2.05, 4.69) is 171 Å². The number of hydrogen-bond acceptors (Lipinski definition) is 23. The summed E-state index contributed by atoms with van der Waals surface area (Å²) < 4.78 is 113. The highest BCUT2D eigenvalue weighted by Gasteiger charge is 2.33. The van der Waals surface area contributed by atoms with Crippen LogP contribution in [-0.4, -0.2) is 243 Å². The average molecular weight is 1930 g/mol. The third-order valence-electron chi connectivity index (χ3n) is 20.1. The summed E-state index contributed by atoms with van der Waals surface area (Å²) in [6.07, 6.45) is 8.25. The van der Waals surface area contributed by atoms with Crippen LogP contribution in [0.4, 0.5) is 70.5 Å². The molecule has 3 aromatic heterocycles. The molecule has 5 N–H and O–H groups in total. The van der Waals surface area contributed by atoms with Gasteiger partial charge in [0.05, 0.1) is 86.9 Å². The number of piperidine rings is 1. The van der Waals surface area contributed by atoms with Crippen molar-refractivity contribution in [2.45, 2.75) is 71.1 Å². The van der Waals surface area contributed by atoms with E-state index in [-0.39, 0.29) is 27.7 Å². The van der Waals surface area contributed by atoms with E-state index in [1.165, 1.54) is 86.0 Å². The predicted octanol–water partition coefficient (Wildman–Crippen LogP) is 14.4. The maximum Gasteiger partial charge on any atom is 0.271 e. The molecule has 10 aromatic rings. The zero-order chi connectivity index (χ0) is 85.9. The first-order chi connectivity index (χ1) is 57.6. The lowest BCUT2D eigenvalue weighted by Gasteiger charge is -2.43. The normalized spacial score (nSPS) is 17.0. The van der Waals surface area contributed by atoms with Gasteiger partial charge in [-0.1, -0.05) is 22.4 Å². The summed E-state index contributed by atoms with van der Waals surface area (Å²) in [6.45, 7) is 30.5. The largest absolute Gasteiger partial charge is 0.399 e. The second-order valence-corrected chi connectivity index (χ2v) is 32.2. The summed E-state index contributed by atoms with van der Waals surface area (Å²) in [4.78, 5) is 48.9. The zero-order valence-corrected chi connectivity index (χ0v) is 72.9. The molecule has 120 heavy (non-hydrogen) atoms. The Morgan fingerprint density at radius 2 is 0.750 bits per heavy atom. The highest BCUT2D eigenvalue weighted by Crippen LogP contribution is 2.29. The number of aromatic amines is 1. The van der Waals surface area contributed by atoms with Gasteiger partial charge in [-0.15, -0.1) is 10.2 Å². The minimum atomic E-state index is -1.16. The molecule has 0 bridgehead atoms. The molecule has 0 unspecified atom stereocenters. The fraction of sp³-hybridized carbons (Fsp3) is 0.407. The minimum Gasteiger partial charge on any atom is -0.399 e. The number of halogens is 11. The number of aromatic nitrogens is 9. The molecular weight excluding hydrogens is 1830 g/mol. The Balaban J connectivity index is 0.000000144. The lowest BCUT2D eigenvalue weighted by molar-refractivity contribution is -0.385. The lowest BCUT2D eigenvalue weighted by atomic mass is 10.1. The fourth-order valence-corrected chi connectivity index (χ4v) is 14.9. The van der Waals surface area contributed by atoms with Crippen LogP contribution in [0.25, 0.3) is 11.4 Å². The lowest BCUT2D eigenvalue weighted by Crippen LogP contribution is -2.56. The van der Waals surface area contributed by atoms with Gasteiger partial charge >= 0.3 is 0 Å². The Labute approximate surface area is 724 Å². The number of benzene rings is 7. The number of likely N-dealkylation sites (tertiary alicyclic amines) is 1. The van der Waals surface area contributed by atoms with Crippen molar-refractivity contribution in [3.8, 4) is 11.4 Å². The van der Waals surface area contributed by atoms with Gasteiger partial charge in [-0.3, -0.25) is 44.9 Å². The Morgan fingerprint density at radius 3 is 1.05 bits per heavy atom. The summed E-state index contributed by atoms with van der Waals surface area (Å²) in [5, 5.41) is 34.9. The quantitative estimate of drug-likeness (QED) is 0.0356. The molecule has 0 spiro atoms. The molecule has 8 aliphatic heterocycles. The number of nitrogens with two attached hydrogens (primary N) is 2. The second-order valence-electron chi connectivity index (χ2n) is 29.1. The summed E-state index contributed by atoms with van der Waals surface area (Å²) in [7, 11) is 0. The van der Waals surface area contributed by atoms with Crippen LogP contribution in [0.2, 0.25) is 0 Å². The van der Waals surface area contributed by atoms with Crippen LogP contribution in [0.1, 0.15) is 41.5 Å². The van der Waals surface area contributed by atoms with E-state index in [0.29, 0.717) is 38.4 Å². The number of nitrogens with zero attached hydrogens (tertiary/aromatic N) is 17. The maximum atomic E-state index is 13.2. The summed E-state index contributed by atoms with van der Waals surface area (Å²) >= 11 is 12.3. The van der Waals surface area contributed by atoms with Gasteiger partial charge in [0.15, 0.2) is 16.4 Å². The van der Waals surface area contributed by atoms with E-state index in [1.54, 1.807) is 12.1 Å². The van der Waals surface area contributed by atoms with E-state index in [4.69, 9.17) is 30.4 Å². The van der Waals surface area contributed by atoms with Gasteiger partial charge in [0.1, 0.15) is 59.4 Å². The van der Waals surface area contributed by atoms with Crippen LogP contribution in [0.5, 0.6) is 0 Å². The maximum absolute atomic E-state index is 13.2. The number of hydrogen-bond donors (Lipinski definition) is 3. The fourth-order valence-electron chi connectivity index (χ4n) is 13.6. The molecule has 18 rings (SSSR count). The predicted molar refractivity (Wildman–Crippen MR) is 458 cm³/mol. The standard InChI is InChI=1S/C14H19N3O3.2C14H21N3O.2C8H4BrF2N3.C8H15NO.C7H6BrNO2.C6H3F3.C2H2BrN3/c1-11-6-12(8-13(7-11)17(18)19)15-2-4-16(5-3-15)14-9-20-10-14;2*1-11-6-12(15)8-13(7-11)16-2-4-17(5-3-16)14-9-18-10-14;2*9-8-12-4-14(13-8)7-3-5(10)1-2-6(7)11;1-2-4-9(5-3-1)8-6-10-7-8;1-5-2-6(8)4-7(3-5)9(10)11;7-4-1-2-5(8)6(9)3-4;3-2-4-1-5-6-2/h6-8,14H,2-5,9-10H2,1H3;2*6-8,14H,2-5,9-10,15H2,1H3;2*1-4H;8H,1-7H2;2-4H,1H3;1-3H;1H,(H,4,5,6). The number of non-ortho nitro benzene ring substituents is 2. The molecule has 39 heteroatoms. The molecule has 644 valence electrons. The number of nitro benzene ring substituents is 2. The highest BCUT2D eigenvalue weighted by molar-refractivity contribution is 9.11. The van der Waals surface area contributed by atoms with Gasteiger partial charge in [-0.2, -0.15) is 5.10 Å². The highest BCUT2D eigenvalue weighted by atomic mass is 79.9. The van der Waals surface area contributed by atoms with E-state index in [1.807, 2.05) is 38.1 Å². The number of nitrogens with one attached hydrogen (secondary N) is 1. The van der Waals surface area contributed by atoms with Crippen LogP contribution in [0.15, 0.2) is 165 Å². The molecule has 0 radical (unpaired) electrons. The van der Waals surface area contributed by atoms with Gasteiger partial charge < -0.3 is 45.1 Å². The molecule has 0 aliphatic carbocycles. The molecule has 8 aliphatic rings. The van der Waals surface area contributed by atoms with Gasteiger partial charge in [0.2, 0.25) is 9.47 Å². The summed E-state index contributed by atoms with van der Waals surface area (Å²) in [5.41, 5.74) is 21.7. The van der Waals surface area contributed by atoms with Crippen molar-refractivity contribution in [2.24, 2.45) is 0 Å². The second kappa shape index (κ2) is 46.2. The first-order valence-electron chi connectivity index (χ1n) is 38.7. The third-order valence-corrected chi connectivity index (χ3v) is 21.7. The van der Waals surface area contributed by atoms with Crippen molar-refractivity contribution >= 4 is 104 Å². The molecule has 8 fully saturated rings. The van der Waals surface area contributed by atoms with Crippen molar-refractivity contribution in [2.75, 3.05) is 171 Å². The van der Waals surface area contributed by atoms with Crippen molar-refractivity contribution in [1.29, 1.82) is 0 Å². The molecule has 0 saturated carbocycles. The third kappa shape index (κ3) is 29.0. The SMILES string of the molecule is Brc1ncn[nH]1.C1CCN(C2COC2)CC1.Cc1cc(Br)cc([N+](=O)[O-])c1.Cc1cc(N)cc(N2CCN(C3COC3)CC2)c1.Cc1cc(N)cc(N2CCN(C3COC3)CC2)c1.Cc1cc(N2CCN(C3COC3)CC2)cc([N+](=O)[O-])c1.Fc1ccc(F)c(-n2cnc(Br)n2)c1.Fc1ccc(F)c(-n2cnc(Br)n2)c1.Fc1ccc(F)c(F)c1. The Bertz CT molecular complexity index is 4680. The molecule has 28 nitrogen and oxygen atoms in total. The minimum absolute atomic E-state index is 0.0307. The van der Waals surface area contributed by atoms with Crippen LogP contribution < -0.4 is 26.2 Å². The molecule has 7 aromatic carbocycles. The van der Waals surface area contributed by atoms with E-state index < -0.39 is 45.6 Å². The Hall–Kier alpha value is -9.13. The summed E-state index contributed by atoms with van der Waals surface area (Å²) in [6, 6.07) is 33.8. The van der Waals surface area contributed by atoms with Crippen molar-refractivity contribution in [3.05, 3.63) is 248 Å². The van der Waals surface area contributed by atoms with Crippen LogP contribution in [-0.2, 0) is 18.9 Å². The summed E-state index contributed by atoms with van der Waals surface area (Å²) in [5.74, 6) is -5.10. The number of nitrogen functional groups attached to an aromatic ring is 2. The van der Waals surface area contributed by atoms with Gasteiger partial charge in [-0.25, -0.2) is 55.0 Å². The van der Waals surface area contributed by atoms with Crippen LogP contribution >= 0.6 is 63.7 Å². The van der Waals surface area contributed by atoms with Crippen molar-refractivity contribution < 1.29 is 59.5 Å². The molecular formula is C81H95Br4F7N20O8. The first kappa shape index (κ1) is 93.1. The van der Waals surface area contributed by atoms with Gasteiger partial charge in [0.25, 0.3) is 11.4 Å². The van der Waals surface area contributed by atoms with E-state index in [9.17, 15) is 51.0 Å². The number of ether oxygens (including phenoxy) is 4. The smallest absolute Gasteiger partial charge is 0.271 e. The number of anilines is 5. The average Bonchev–Trinajstić information content (AvgIpc) is 1.51. The van der Waals surface area contributed by atoms with E-state index in [0.717, 1.165) is 228 Å². The van der Waals surface area contributed by atoms with Crippen molar-refractivity contribution in [3.63, 3.8) is 0 Å². The number of nitro groups is 2. The Morgan fingerprint density at radius 1 is 0.400 bits per heavy atom. The molecule has 11 heterocycles. The van der Waals surface area contributed by atoms with Crippen LogP contribution in [0, 0.1) is 88.6 Å². The number of H-pyrrole nitrogens is 1. The van der Waals surface area contributed by atoms with E-state index >= 15 is 0 Å². The van der Waals surface area contributed by atoms with Gasteiger partial charge in [0, 0.05) is 154 Å². The number of piperazine rings is 3. The monoisotopic (exact) mass is 1920 g/mol. The van der Waals surface area contributed by atoms with Crippen LogP contribution in [0.3, 0.4) is 0 Å². The number of aryl methyl sites for hydroxylation is 4. The number of rotatable bonds is 11. The van der Waals surface area contributed by atoms with Crippen molar-refractivity contribution in [1.82, 2.24) is 64.3 Å². The van der Waals surface area contributed by atoms with Gasteiger partial charge in [-0.05, 0) is 209 Å². The zero-order valence-electron chi connectivity index (χ0n) is 66.5. The topological polar surface area (TPSA) is 301 Å². The molecule has 8 saturated heterocycles. The Kier molecular flexibility index (Phi) is 35.9. The first-order valence-corrected chi connectivity index (χ1v) is 41.8. The molecule has 0 atom stereocenters.